The van der Waals surface area contributed by atoms with Crippen molar-refractivity contribution in [1.82, 2.24) is 4.90 Å². The van der Waals surface area contributed by atoms with Gasteiger partial charge in [0, 0.05) is 38.4 Å². The number of ether oxygens (including phenoxy) is 1. The number of nitrogens with zero attached hydrogens (tertiary/aromatic N) is 2. The zero-order valence-corrected chi connectivity index (χ0v) is 15.4. The summed E-state index contributed by atoms with van der Waals surface area (Å²) in [5.41, 5.74) is 9.29. The van der Waals surface area contributed by atoms with Gasteiger partial charge < -0.3 is 15.4 Å². The molecule has 138 valence electrons. The molecule has 5 nitrogen and oxygen atoms in total. The van der Waals surface area contributed by atoms with Gasteiger partial charge >= 0.3 is 5.97 Å². The lowest BCUT2D eigenvalue weighted by Crippen LogP contribution is -2.46. The van der Waals surface area contributed by atoms with Crippen LogP contribution in [0.1, 0.15) is 29.3 Å². The average Bonchev–Trinajstić information content (AvgIpc) is 2.67. The van der Waals surface area contributed by atoms with Crippen LogP contribution in [-0.2, 0) is 11.3 Å². The molecular weight excluding hydrogens is 326 g/mol. The van der Waals surface area contributed by atoms with Crippen molar-refractivity contribution in [2.75, 3.05) is 43.4 Å². The Labute approximate surface area is 155 Å². The smallest absolute Gasteiger partial charge is 0.340 e. The second-order valence-electron chi connectivity index (χ2n) is 6.66. The molecule has 0 atom stereocenters. The van der Waals surface area contributed by atoms with Gasteiger partial charge in [-0.3, -0.25) is 4.90 Å². The Bertz CT molecular complexity index is 725. The molecular formula is C21H27N3O2. The molecule has 0 saturated carbocycles. The third-order valence-corrected chi connectivity index (χ3v) is 4.64. The van der Waals surface area contributed by atoms with E-state index < -0.39 is 0 Å². The van der Waals surface area contributed by atoms with Crippen LogP contribution >= 0.6 is 0 Å². The van der Waals surface area contributed by atoms with Gasteiger partial charge in [0.25, 0.3) is 0 Å². The lowest BCUT2D eigenvalue weighted by Gasteiger charge is -2.36. The van der Waals surface area contributed by atoms with E-state index in [4.69, 9.17) is 10.5 Å². The van der Waals surface area contributed by atoms with Gasteiger partial charge in [-0.25, -0.2) is 4.79 Å². The van der Waals surface area contributed by atoms with E-state index in [1.807, 2.05) is 25.1 Å². The molecule has 0 spiro atoms. The van der Waals surface area contributed by atoms with E-state index in [1.54, 1.807) is 6.07 Å². The summed E-state index contributed by atoms with van der Waals surface area (Å²) in [5.74, 6) is -0.291. The first-order valence-electron chi connectivity index (χ1n) is 9.25. The number of anilines is 2. The summed E-state index contributed by atoms with van der Waals surface area (Å²) >= 11 is 0. The highest BCUT2D eigenvalue weighted by Crippen LogP contribution is 2.25. The number of carbonyl (C=O) groups excluding carboxylic acids is 1. The minimum atomic E-state index is -0.291. The Morgan fingerprint density at radius 3 is 2.50 bits per heavy atom. The van der Waals surface area contributed by atoms with Gasteiger partial charge in [0.05, 0.1) is 17.9 Å². The molecule has 2 aromatic rings. The predicted molar refractivity (Wildman–Crippen MR) is 105 cm³/mol. The molecule has 2 aromatic carbocycles. The minimum absolute atomic E-state index is 0.291. The van der Waals surface area contributed by atoms with Gasteiger partial charge in [-0.15, -0.1) is 0 Å². The first-order chi connectivity index (χ1) is 12.7. The van der Waals surface area contributed by atoms with Gasteiger partial charge in [-0.2, -0.15) is 0 Å². The molecule has 1 heterocycles. The summed E-state index contributed by atoms with van der Waals surface area (Å²) in [5, 5.41) is 0. The van der Waals surface area contributed by atoms with Crippen molar-refractivity contribution in [1.29, 1.82) is 0 Å². The fourth-order valence-electron chi connectivity index (χ4n) is 3.25. The molecule has 0 radical (unpaired) electrons. The Hall–Kier alpha value is -2.53. The van der Waals surface area contributed by atoms with Crippen LogP contribution in [0, 0.1) is 0 Å². The molecule has 0 aromatic heterocycles. The maximum atomic E-state index is 12.4. The lowest BCUT2D eigenvalue weighted by molar-refractivity contribution is 0.0505. The normalized spacial score (nSPS) is 15.0. The van der Waals surface area contributed by atoms with E-state index in [1.165, 1.54) is 5.56 Å². The van der Waals surface area contributed by atoms with E-state index in [-0.39, 0.29) is 5.97 Å². The predicted octanol–water partition coefficient (Wildman–Crippen LogP) is 3.16. The van der Waals surface area contributed by atoms with Gasteiger partial charge in [0.2, 0.25) is 0 Å². The topological polar surface area (TPSA) is 58.8 Å². The van der Waals surface area contributed by atoms with Crippen LogP contribution in [0.3, 0.4) is 0 Å². The molecule has 1 aliphatic heterocycles. The van der Waals surface area contributed by atoms with Crippen LogP contribution in [0.25, 0.3) is 0 Å². The van der Waals surface area contributed by atoms with Gasteiger partial charge in [0.15, 0.2) is 0 Å². The van der Waals surface area contributed by atoms with Crippen LogP contribution in [0.5, 0.6) is 0 Å². The molecule has 1 saturated heterocycles. The van der Waals surface area contributed by atoms with Gasteiger partial charge in [-0.05, 0) is 30.2 Å². The fraction of sp³-hybridized carbons (Fsp3) is 0.381. The molecule has 3 rings (SSSR count). The molecule has 0 unspecified atom stereocenters. The third kappa shape index (κ3) is 4.55. The summed E-state index contributed by atoms with van der Waals surface area (Å²) in [7, 11) is 0. The minimum Gasteiger partial charge on any atom is -0.462 e. The van der Waals surface area contributed by atoms with Crippen molar-refractivity contribution in [2.45, 2.75) is 19.9 Å². The van der Waals surface area contributed by atoms with Crippen LogP contribution in [-0.4, -0.2) is 43.7 Å². The van der Waals surface area contributed by atoms with Crippen molar-refractivity contribution < 1.29 is 9.53 Å². The second-order valence-corrected chi connectivity index (χ2v) is 6.66. The molecule has 5 heteroatoms. The molecule has 0 bridgehead atoms. The highest BCUT2D eigenvalue weighted by Gasteiger charge is 2.22. The quantitative estimate of drug-likeness (QED) is 0.638. The van der Waals surface area contributed by atoms with Crippen molar-refractivity contribution in [3.8, 4) is 0 Å². The maximum absolute atomic E-state index is 12.4. The van der Waals surface area contributed by atoms with Crippen LogP contribution in [0.2, 0.25) is 0 Å². The Morgan fingerprint density at radius 1 is 1.08 bits per heavy atom. The largest absolute Gasteiger partial charge is 0.462 e. The number of rotatable bonds is 6. The van der Waals surface area contributed by atoms with Crippen molar-refractivity contribution in [3.63, 3.8) is 0 Å². The van der Waals surface area contributed by atoms with Crippen LogP contribution in [0.15, 0.2) is 48.5 Å². The average molecular weight is 353 g/mol. The fourth-order valence-corrected chi connectivity index (χ4v) is 3.25. The van der Waals surface area contributed by atoms with Crippen molar-refractivity contribution in [3.05, 3.63) is 59.7 Å². The Morgan fingerprint density at radius 2 is 1.81 bits per heavy atom. The third-order valence-electron chi connectivity index (χ3n) is 4.64. The summed E-state index contributed by atoms with van der Waals surface area (Å²) in [6, 6.07) is 16.0. The molecule has 0 amide bonds. The molecule has 0 aliphatic carbocycles. The SMILES string of the molecule is CCCOC(=O)c1cc(N)ccc1N1CCN(Cc2ccccc2)CC1. The van der Waals surface area contributed by atoms with Crippen molar-refractivity contribution >= 4 is 17.3 Å². The number of benzene rings is 2. The standard InChI is InChI=1S/C21H27N3O2/c1-2-14-26-21(25)19-15-18(22)8-9-20(19)24-12-10-23(11-13-24)16-17-6-4-3-5-7-17/h3-9,15H,2,10-14,16,22H2,1H3. The first kappa shape index (κ1) is 18.3. The van der Waals surface area contributed by atoms with E-state index in [0.29, 0.717) is 17.9 Å². The maximum Gasteiger partial charge on any atom is 0.340 e. The van der Waals surface area contributed by atoms with Gasteiger partial charge in [-0.1, -0.05) is 37.3 Å². The zero-order chi connectivity index (χ0) is 18.4. The molecule has 26 heavy (non-hydrogen) atoms. The second kappa shape index (κ2) is 8.72. The molecule has 1 fully saturated rings. The van der Waals surface area contributed by atoms with Gasteiger partial charge in [0.1, 0.15) is 0 Å². The highest BCUT2D eigenvalue weighted by atomic mass is 16.5. The number of nitrogens with two attached hydrogens (primary N) is 1. The molecule has 1 aliphatic rings. The summed E-state index contributed by atoms with van der Waals surface area (Å²) in [6.45, 7) is 7.06. The number of piperazine rings is 1. The van der Waals surface area contributed by atoms with Crippen LogP contribution < -0.4 is 10.6 Å². The lowest BCUT2D eigenvalue weighted by atomic mass is 10.1. The highest BCUT2D eigenvalue weighted by molar-refractivity contribution is 5.97. The number of hydrogen-bond donors (Lipinski definition) is 1. The number of hydrogen-bond acceptors (Lipinski definition) is 5. The number of esters is 1. The van der Waals surface area contributed by atoms with E-state index in [0.717, 1.165) is 44.8 Å². The summed E-state index contributed by atoms with van der Waals surface area (Å²) < 4.78 is 5.33. The van der Waals surface area contributed by atoms with E-state index in [2.05, 4.69) is 34.1 Å². The first-order valence-corrected chi connectivity index (χ1v) is 9.25. The number of carbonyl (C=O) groups is 1. The zero-order valence-electron chi connectivity index (χ0n) is 15.4. The Balaban J connectivity index is 1.66. The Kier molecular flexibility index (Phi) is 6.12. The van der Waals surface area contributed by atoms with E-state index >= 15 is 0 Å². The summed E-state index contributed by atoms with van der Waals surface area (Å²) in [4.78, 5) is 17.1. The molecule has 2 N–H and O–H groups in total. The van der Waals surface area contributed by atoms with E-state index in [9.17, 15) is 4.79 Å². The monoisotopic (exact) mass is 353 g/mol. The van der Waals surface area contributed by atoms with Crippen LogP contribution in [0.4, 0.5) is 11.4 Å². The summed E-state index contributed by atoms with van der Waals surface area (Å²) in [6.07, 6.45) is 0.807. The number of nitrogen functional groups attached to an aromatic ring is 1. The van der Waals surface area contributed by atoms with Crippen molar-refractivity contribution in [2.24, 2.45) is 0 Å².